The Labute approximate surface area is 103 Å². The first-order valence-corrected chi connectivity index (χ1v) is 6.73. The zero-order valence-electron chi connectivity index (χ0n) is 9.36. The van der Waals surface area contributed by atoms with Crippen molar-refractivity contribution in [3.8, 4) is 0 Å². The van der Waals surface area contributed by atoms with E-state index in [4.69, 9.17) is 5.73 Å². The number of rotatable bonds is 4. The fraction of sp³-hybridized carbons (Fsp3) is 0.364. The molecule has 0 unspecified atom stereocenters. The van der Waals surface area contributed by atoms with Gasteiger partial charge in [-0.1, -0.05) is 19.9 Å². The number of anilines is 2. The van der Waals surface area contributed by atoms with E-state index in [1.54, 1.807) is 11.3 Å². The molecule has 2 rings (SSSR count). The van der Waals surface area contributed by atoms with Gasteiger partial charge in [0.15, 0.2) is 0 Å². The Kier molecular flexibility index (Phi) is 3.16. The molecule has 2 aromatic heterocycles. The van der Waals surface area contributed by atoms with Gasteiger partial charge in [0, 0.05) is 22.9 Å². The lowest BCUT2D eigenvalue weighted by molar-refractivity contribution is 0.570. The lowest BCUT2D eigenvalue weighted by atomic mass is 9.91. The van der Waals surface area contributed by atoms with Gasteiger partial charge in [0.05, 0.1) is 0 Å². The minimum absolute atomic E-state index is 0.132. The number of nitrogens with one attached hydrogen (secondary N) is 1. The zero-order chi connectivity index (χ0) is 11.6. The summed E-state index contributed by atoms with van der Waals surface area (Å²) in [6.45, 7) is 5.35. The first-order chi connectivity index (χ1) is 7.58. The van der Waals surface area contributed by atoms with Crippen LogP contribution in [0.5, 0.6) is 0 Å². The van der Waals surface area contributed by atoms with Gasteiger partial charge in [-0.15, -0.1) is 11.3 Å². The van der Waals surface area contributed by atoms with E-state index in [2.05, 4.69) is 41.1 Å². The van der Waals surface area contributed by atoms with Crippen molar-refractivity contribution in [2.75, 3.05) is 17.6 Å². The fourth-order valence-corrected chi connectivity index (χ4v) is 2.85. The van der Waals surface area contributed by atoms with E-state index in [-0.39, 0.29) is 5.41 Å². The molecule has 0 aliphatic heterocycles. The summed E-state index contributed by atoms with van der Waals surface area (Å²) >= 11 is 3.20. The average Bonchev–Trinajstić information content (AvgIpc) is 2.85. The van der Waals surface area contributed by atoms with E-state index in [1.807, 2.05) is 6.07 Å². The second-order valence-corrected chi connectivity index (χ2v) is 6.08. The van der Waals surface area contributed by atoms with E-state index in [1.165, 1.54) is 16.4 Å². The summed E-state index contributed by atoms with van der Waals surface area (Å²) in [7, 11) is 0. The highest BCUT2D eigenvalue weighted by Crippen LogP contribution is 2.28. The molecule has 0 amide bonds. The molecule has 0 aliphatic carbocycles. The van der Waals surface area contributed by atoms with Crippen LogP contribution in [0.2, 0.25) is 0 Å². The normalized spacial score (nSPS) is 11.6. The Balaban J connectivity index is 2.00. The molecular weight excluding hydrogens is 238 g/mol. The summed E-state index contributed by atoms with van der Waals surface area (Å²) < 4.78 is 4.04. The third-order valence-electron chi connectivity index (χ3n) is 2.42. The van der Waals surface area contributed by atoms with Crippen molar-refractivity contribution >= 4 is 33.7 Å². The van der Waals surface area contributed by atoms with Gasteiger partial charge < -0.3 is 11.1 Å². The maximum Gasteiger partial charge on any atom is 0.139 e. The molecule has 16 heavy (non-hydrogen) atoms. The van der Waals surface area contributed by atoms with Gasteiger partial charge >= 0.3 is 0 Å². The Morgan fingerprint density at radius 3 is 2.88 bits per heavy atom. The van der Waals surface area contributed by atoms with Gasteiger partial charge in [0.2, 0.25) is 0 Å². The molecular formula is C11H15N3S2. The number of nitrogens with zero attached hydrogens (tertiary/aromatic N) is 1. The Morgan fingerprint density at radius 2 is 2.31 bits per heavy atom. The van der Waals surface area contributed by atoms with Crippen molar-refractivity contribution < 1.29 is 0 Å². The highest BCUT2D eigenvalue weighted by molar-refractivity contribution is 7.10. The van der Waals surface area contributed by atoms with Crippen molar-refractivity contribution in [2.45, 2.75) is 19.3 Å². The first kappa shape index (κ1) is 11.4. The minimum Gasteiger partial charge on any atom is -0.383 e. The van der Waals surface area contributed by atoms with Gasteiger partial charge in [0.1, 0.15) is 10.8 Å². The molecule has 0 fully saturated rings. The van der Waals surface area contributed by atoms with Crippen LogP contribution in [-0.4, -0.2) is 10.9 Å². The van der Waals surface area contributed by atoms with Crippen LogP contribution in [0, 0.1) is 0 Å². The van der Waals surface area contributed by atoms with E-state index >= 15 is 0 Å². The predicted octanol–water partition coefficient (Wildman–Crippen LogP) is 3.18. The second kappa shape index (κ2) is 4.43. The topological polar surface area (TPSA) is 50.9 Å². The molecule has 3 nitrogen and oxygen atoms in total. The molecule has 0 radical (unpaired) electrons. The van der Waals surface area contributed by atoms with Crippen molar-refractivity contribution in [2.24, 2.45) is 0 Å². The Hall–Kier alpha value is -1.07. The van der Waals surface area contributed by atoms with Crippen LogP contribution >= 0.6 is 22.9 Å². The van der Waals surface area contributed by atoms with Crippen LogP contribution in [-0.2, 0) is 5.41 Å². The fourth-order valence-electron chi connectivity index (χ4n) is 1.43. The molecule has 2 heterocycles. The molecule has 0 aromatic carbocycles. The lowest BCUT2D eigenvalue weighted by Gasteiger charge is -2.23. The zero-order valence-corrected chi connectivity index (χ0v) is 11.0. The summed E-state index contributed by atoms with van der Waals surface area (Å²) in [5, 5.41) is 6.52. The van der Waals surface area contributed by atoms with Crippen LogP contribution in [0.25, 0.3) is 0 Å². The number of hydrogen-bond donors (Lipinski definition) is 2. The van der Waals surface area contributed by atoms with Gasteiger partial charge in [-0.05, 0) is 23.0 Å². The number of nitrogen functional groups attached to an aromatic ring is 1. The molecule has 0 atom stereocenters. The average molecular weight is 253 g/mol. The van der Waals surface area contributed by atoms with Crippen LogP contribution in [0.4, 0.5) is 10.8 Å². The summed E-state index contributed by atoms with van der Waals surface area (Å²) in [5.41, 5.74) is 5.71. The van der Waals surface area contributed by atoms with Crippen LogP contribution in [0.1, 0.15) is 18.7 Å². The molecule has 0 saturated heterocycles. The molecule has 0 aliphatic rings. The smallest absolute Gasteiger partial charge is 0.139 e. The number of hydrogen-bond acceptors (Lipinski definition) is 5. The molecule has 86 valence electrons. The monoisotopic (exact) mass is 253 g/mol. The predicted molar refractivity (Wildman–Crippen MR) is 72.4 cm³/mol. The van der Waals surface area contributed by atoms with Crippen molar-refractivity contribution in [3.63, 3.8) is 0 Å². The molecule has 2 aromatic rings. The lowest BCUT2D eigenvalue weighted by Crippen LogP contribution is -2.26. The molecule has 0 bridgehead atoms. The van der Waals surface area contributed by atoms with Gasteiger partial charge in [-0.3, -0.25) is 0 Å². The van der Waals surface area contributed by atoms with E-state index in [0.29, 0.717) is 5.82 Å². The first-order valence-electron chi connectivity index (χ1n) is 5.08. The maximum atomic E-state index is 5.57. The minimum atomic E-state index is 0.132. The third-order valence-corrected chi connectivity index (χ3v) is 4.42. The summed E-state index contributed by atoms with van der Waals surface area (Å²) in [6.07, 6.45) is 0. The Bertz CT molecular complexity index is 446. The summed E-state index contributed by atoms with van der Waals surface area (Å²) in [5.74, 6) is 0.585. The maximum absolute atomic E-state index is 5.57. The second-order valence-electron chi connectivity index (χ2n) is 4.33. The third kappa shape index (κ3) is 2.54. The van der Waals surface area contributed by atoms with Gasteiger partial charge in [-0.2, -0.15) is 4.37 Å². The Morgan fingerprint density at radius 1 is 1.50 bits per heavy atom. The molecule has 0 spiro atoms. The highest BCUT2D eigenvalue weighted by Gasteiger charge is 2.21. The molecule has 5 heteroatoms. The van der Waals surface area contributed by atoms with Crippen molar-refractivity contribution in [3.05, 3.63) is 28.5 Å². The largest absolute Gasteiger partial charge is 0.383 e. The quantitative estimate of drug-likeness (QED) is 0.880. The van der Waals surface area contributed by atoms with E-state index < -0.39 is 0 Å². The highest BCUT2D eigenvalue weighted by atomic mass is 32.1. The van der Waals surface area contributed by atoms with Crippen molar-refractivity contribution in [1.82, 2.24) is 4.37 Å². The SMILES string of the molecule is CC(C)(CNc1cc(N)ns1)c1cccs1. The van der Waals surface area contributed by atoms with Crippen LogP contribution in [0.3, 0.4) is 0 Å². The van der Waals surface area contributed by atoms with E-state index in [0.717, 1.165) is 11.5 Å². The summed E-state index contributed by atoms with van der Waals surface area (Å²) in [4.78, 5) is 1.39. The van der Waals surface area contributed by atoms with Crippen LogP contribution < -0.4 is 11.1 Å². The number of nitrogens with two attached hydrogens (primary N) is 1. The number of thiophene rings is 1. The van der Waals surface area contributed by atoms with Crippen LogP contribution in [0.15, 0.2) is 23.6 Å². The van der Waals surface area contributed by atoms with Gasteiger partial charge in [-0.25, -0.2) is 0 Å². The molecule has 3 N–H and O–H groups in total. The number of aromatic nitrogens is 1. The summed E-state index contributed by atoms with van der Waals surface area (Å²) in [6, 6.07) is 6.13. The van der Waals surface area contributed by atoms with Crippen molar-refractivity contribution in [1.29, 1.82) is 0 Å². The standard InChI is InChI=1S/C11H15N3S2/c1-11(2,8-4-3-5-15-8)7-13-10-6-9(12)14-16-10/h3-6,13H,7H2,1-2H3,(H2,12,14). The van der Waals surface area contributed by atoms with E-state index in [9.17, 15) is 0 Å². The molecule has 0 saturated carbocycles. The van der Waals surface area contributed by atoms with Gasteiger partial charge in [0.25, 0.3) is 0 Å².